The van der Waals surface area contributed by atoms with Crippen LogP contribution in [0.1, 0.15) is 25.7 Å². The summed E-state index contributed by atoms with van der Waals surface area (Å²) in [7, 11) is -4.40. The van der Waals surface area contributed by atoms with Gasteiger partial charge in [-0.05, 0) is 31.5 Å². The average Bonchev–Trinajstić information content (AvgIpc) is 2.52. The van der Waals surface area contributed by atoms with Crippen molar-refractivity contribution in [1.29, 1.82) is 0 Å². The zero-order chi connectivity index (χ0) is 18.7. The lowest BCUT2D eigenvalue weighted by atomic mass is 10.2. The van der Waals surface area contributed by atoms with Crippen molar-refractivity contribution in [1.82, 2.24) is 5.32 Å². The summed E-state index contributed by atoms with van der Waals surface area (Å²) < 4.78 is 19.8. The van der Waals surface area contributed by atoms with Crippen molar-refractivity contribution in [3.05, 3.63) is 34.4 Å². The molecular weight excluding hydrogens is 355 g/mol. The van der Waals surface area contributed by atoms with Gasteiger partial charge in [-0.3, -0.25) is 19.4 Å². The first kappa shape index (κ1) is 21.2. The summed E-state index contributed by atoms with van der Waals surface area (Å²) in [6.07, 6.45) is 2.44. The number of carbonyl (C=O) groups excluding carboxylic acids is 1. The predicted octanol–water partition coefficient (Wildman–Crippen LogP) is 1.76. The second kappa shape index (κ2) is 10.9. The van der Waals surface area contributed by atoms with E-state index in [1.54, 1.807) is 0 Å². The molecule has 0 amide bonds. The number of benzene rings is 1. The van der Waals surface area contributed by atoms with Crippen molar-refractivity contribution in [2.24, 2.45) is 0 Å². The number of nitrogens with one attached hydrogen (secondary N) is 1. The van der Waals surface area contributed by atoms with Crippen molar-refractivity contribution >= 4 is 19.5 Å². The summed E-state index contributed by atoms with van der Waals surface area (Å²) in [6, 6.07) is 5.29. The van der Waals surface area contributed by atoms with Crippen LogP contribution in [0.15, 0.2) is 24.3 Å². The monoisotopic (exact) mass is 376 g/mol. The number of esters is 1. The number of non-ortho nitro benzene ring substituents is 1. The van der Waals surface area contributed by atoms with Gasteiger partial charge >= 0.3 is 13.8 Å². The Hall–Kier alpha value is -1.84. The Kier molecular flexibility index (Phi) is 9.25. The van der Waals surface area contributed by atoms with Gasteiger partial charge in [0.1, 0.15) is 5.75 Å². The van der Waals surface area contributed by atoms with Gasteiger partial charge in [0.15, 0.2) is 0 Å². The number of rotatable bonds is 12. The van der Waals surface area contributed by atoms with Crippen LogP contribution in [0, 0.1) is 10.1 Å². The molecule has 0 radical (unpaired) electrons. The summed E-state index contributed by atoms with van der Waals surface area (Å²) in [6.45, 7) is 0.890. The van der Waals surface area contributed by atoms with Crippen LogP contribution >= 0.6 is 7.82 Å². The molecule has 140 valence electrons. The standard InChI is InChI=1S/C14H21N2O8P/c17-14(24-13-7-5-12(6-8-13)16(18)19)4-2-1-3-9-15-10-11-23-25(20,21)22/h5-8,15H,1-4,9-11H2,(H2,20,21,22). The smallest absolute Gasteiger partial charge is 0.427 e. The van der Waals surface area contributed by atoms with E-state index in [0.717, 1.165) is 12.8 Å². The molecule has 0 aliphatic rings. The molecule has 10 nitrogen and oxygen atoms in total. The number of phosphoric ester groups is 1. The quantitative estimate of drug-likeness (QED) is 0.124. The molecule has 0 saturated heterocycles. The molecule has 1 aromatic rings. The van der Waals surface area contributed by atoms with E-state index in [9.17, 15) is 19.5 Å². The van der Waals surface area contributed by atoms with E-state index in [1.807, 2.05) is 0 Å². The van der Waals surface area contributed by atoms with Crippen LogP contribution in [0.25, 0.3) is 0 Å². The van der Waals surface area contributed by atoms with Crippen molar-refractivity contribution in [3.63, 3.8) is 0 Å². The number of hydrogen-bond donors (Lipinski definition) is 3. The topological polar surface area (TPSA) is 148 Å². The Bertz CT molecular complexity index is 601. The molecule has 0 atom stereocenters. The summed E-state index contributed by atoms with van der Waals surface area (Å²) in [4.78, 5) is 38.6. The van der Waals surface area contributed by atoms with E-state index in [0.29, 0.717) is 19.5 Å². The highest BCUT2D eigenvalue weighted by Gasteiger charge is 2.12. The predicted molar refractivity (Wildman–Crippen MR) is 88.1 cm³/mol. The molecule has 1 rings (SSSR count). The molecule has 1 aromatic carbocycles. The molecule has 0 fully saturated rings. The molecule has 0 spiro atoms. The zero-order valence-corrected chi connectivity index (χ0v) is 14.4. The number of nitro groups is 1. The lowest BCUT2D eigenvalue weighted by Crippen LogP contribution is -2.20. The molecule has 11 heteroatoms. The fourth-order valence-electron chi connectivity index (χ4n) is 1.88. The maximum absolute atomic E-state index is 11.6. The van der Waals surface area contributed by atoms with Gasteiger partial charge in [0, 0.05) is 25.1 Å². The minimum Gasteiger partial charge on any atom is -0.427 e. The van der Waals surface area contributed by atoms with Crippen molar-refractivity contribution in [2.75, 3.05) is 19.7 Å². The maximum Gasteiger partial charge on any atom is 0.469 e. The largest absolute Gasteiger partial charge is 0.469 e. The van der Waals surface area contributed by atoms with Gasteiger partial charge in [0.05, 0.1) is 11.5 Å². The third-order valence-electron chi connectivity index (χ3n) is 3.05. The Morgan fingerprint density at radius 1 is 1.16 bits per heavy atom. The van der Waals surface area contributed by atoms with Crippen LogP contribution in [0.4, 0.5) is 5.69 Å². The van der Waals surface area contributed by atoms with E-state index in [2.05, 4.69) is 9.84 Å². The van der Waals surface area contributed by atoms with Gasteiger partial charge in [-0.15, -0.1) is 0 Å². The number of hydrogen-bond acceptors (Lipinski definition) is 7. The highest BCUT2D eigenvalue weighted by atomic mass is 31.2. The summed E-state index contributed by atoms with van der Waals surface area (Å²) >= 11 is 0. The number of carbonyl (C=O) groups is 1. The number of nitro benzene ring substituents is 1. The summed E-state index contributed by atoms with van der Waals surface area (Å²) in [5, 5.41) is 13.5. The van der Waals surface area contributed by atoms with Gasteiger partial charge in [0.25, 0.3) is 5.69 Å². The average molecular weight is 376 g/mol. The Morgan fingerprint density at radius 3 is 2.44 bits per heavy atom. The first-order chi connectivity index (χ1) is 11.8. The molecule has 0 bridgehead atoms. The number of phosphoric acid groups is 1. The van der Waals surface area contributed by atoms with Gasteiger partial charge in [-0.2, -0.15) is 0 Å². The fourth-order valence-corrected chi connectivity index (χ4v) is 2.21. The molecule has 0 aliphatic heterocycles. The molecule has 0 aromatic heterocycles. The van der Waals surface area contributed by atoms with Crippen LogP contribution in [0.3, 0.4) is 0 Å². The first-order valence-electron chi connectivity index (χ1n) is 7.64. The zero-order valence-electron chi connectivity index (χ0n) is 13.5. The van der Waals surface area contributed by atoms with Gasteiger partial charge in [-0.1, -0.05) is 6.42 Å². The Labute approximate surface area is 144 Å². The number of unbranched alkanes of at least 4 members (excludes halogenated alkanes) is 2. The van der Waals surface area contributed by atoms with Gasteiger partial charge in [-0.25, -0.2) is 4.57 Å². The Morgan fingerprint density at radius 2 is 1.84 bits per heavy atom. The van der Waals surface area contributed by atoms with Crippen LogP contribution in [0.2, 0.25) is 0 Å². The Balaban J connectivity index is 2.05. The maximum atomic E-state index is 11.6. The SMILES string of the molecule is O=C(CCCCCNCCOP(=O)(O)O)Oc1ccc([N+](=O)[O-])cc1. The van der Waals surface area contributed by atoms with E-state index in [1.165, 1.54) is 24.3 Å². The van der Waals surface area contributed by atoms with Crippen LogP contribution < -0.4 is 10.1 Å². The fraction of sp³-hybridized carbons (Fsp3) is 0.500. The first-order valence-corrected chi connectivity index (χ1v) is 9.17. The molecule has 0 saturated carbocycles. The van der Waals surface area contributed by atoms with E-state index in [4.69, 9.17) is 14.5 Å². The highest BCUT2D eigenvalue weighted by Crippen LogP contribution is 2.35. The van der Waals surface area contributed by atoms with Crippen molar-refractivity contribution in [2.45, 2.75) is 25.7 Å². The summed E-state index contributed by atoms with van der Waals surface area (Å²) in [5.74, 6) is -0.140. The number of nitrogens with zero attached hydrogens (tertiary/aromatic N) is 1. The minimum absolute atomic E-state index is 0.0708. The second-order valence-electron chi connectivity index (χ2n) is 5.11. The normalized spacial score (nSPS) is 11.3. The van der Waals surface area contributed by atoms with Crippen LogP contribution in [-0.2, 0) is 13.9 Å². The van der Waals surface area contributed by atoms with Crippen molar-refractivity contribution in [3.8, 4) is 5.75 Å². The van der Waals surface area contributed by atoms with E-state index >= 15 is 0 Å². The molecule has 0 heterocycles. The summed E-state index contributed by atoms with van der Waals surface area (Å²) in [5.41, 5.74) is -0.0708. The van der Waals surface area contributed by atoms with Crippen molar-refractivity contribution < 1.29 is 33.3 Å². The van der Waals surface area contributed by atoms with Crippen LogP contribution in [0.5, 0.6) is 5.75 Å². The van der Waals surface area contributed by atoms with E-state index < -0.39 is 18.7 Å². The van der Waals surface area contributed by atoms with Crippen LogP contribution in [-0.4, -0.2) is 40.4 Å². The molecule has 0 aliphatic carbocycles. The minimum atomic E-state index is -4.40. The molecule has 25 heavy (non-hydrogen) atoms. The van der Waals surface area contributed by atoms with E-state index in [-0.39, 0.29) is 24.5 Å². The third-order valence-corrected chi connectivity index (χ3v) is 3.57. The highest BCUT2D eigenvalue weighted by molar-refractivity contribution is 7.46. The molecule has 0 unspecified atom stereocenters. The van der Waals surface area contributed by atoms with Gasteiger partial charge < -0.3 is 19.8 Å². The molecule has 3 N–H and O–H groups in total. The second-order valence-corrected chi connectivity index (χ2v) is 6.35. The lowest BCUT2D eigenvalue weighted by molar-refractivity contribution is -0.384. The third kappa shape index (κ3) is 10.6. The lowest BCUT2D eigenvalue weighted by Gasteiger charge is -2.07. The molecular formula is C14H21N2O8P. The van der Waals surface area contributed by atoms with Gasteiger partial charge in [0.2, 0.25) is 0 Å². The number of ether oxygens (including phenoxy) is 1.